The Morgan fingerprint density at radius 1 is 1.59 bits per heavy atom. The van der Waals surface area contributed by atoms with Gasteiger partial charge in [0.15, 0.2) is 0 Å². The normalized spacial score (nSPS) is 25.9. The number of amides is 1. The average molecular weight is 260 g/mol. The zero-order valence-corrected chi connectivity index (χ0v) is 11.1. The van der Waals surface area contributed by atoms with Gasteiger partial charge in [-0.15, -0.1) is 0 Å². The summed E-state index contributed by atoms with van der Waals surface area (Å²) >= 11 is 1.65. The van der Waals surface area contributed by atoms with E-state index in [0.717, 1.165) is 5.75 Å². The molecule has 0 aromatic carbocycles. The zero-order chi connectivity index (χ0) is 13.1. The van der Waals surface area contributed by atoms with Crippen molar-refractivity contribution in [1.82, 2.24) is 4.90 Å². The van der Waals surface area contributed by atoms with Gasteiger partial charge < -0.3 is 15.7 Å². The summed E-state index contributed by atoms with van der Waals surface area (Å²) in [6, 6.07) is -0.501. The number of carboxylic acids is 1. The van der Waals surface area contributed by atoms with Crippen molar-refractivity contribution in [2.75, 3.05) is 25.1 Å². The van der Waals surface area contributed by atoms with Gasteiger partial charge in [-0.25, -0.2) is 0 Å². The van der Waals surface area contributed by atoms with Crippen LogP contribution in [0.5, 0.6) is 0 Å². The average Bonchev–Trinajstić information content (AvgIpc) is 2.69. The van der Waals surface area contributed by atoms with Crippen molar-refractivity contribution in [1.29, 1.82) is 0 Å². The highest BCUT2D eigenvalue weighted by molar-refractivity contribution is 7.98. The lowest BCUT2D eigenvalue weighted by Crippen LogP contribution is -2.44. The number of carboxylic acid groups (broad SMARTS) is 1. The van der Waals surface area contributed by atoms with Crippen LogP contribution >= 0.6 is 11.8 Å². The molecule has 2 atom stereocenters. The first-order valence-electron chi connectivity index (χ1n) is 5.67. The molecule has 1 rings (SSSR count). The van der Waals surface area contributed by atoms with Crippen molar-refractivity contribution in [3.05, 3.63) is 0 Å². The van der Waals surface area contributed by atoms with Gasteiger partial charge >= 0.3 is 5.97 Å². The van der Waals surface area contributed by atoms with Crippen molar-refractivity contribution >= 4 is 23.6 Å². The monoisotopic (exact) mass is 260 g/mol. The molecule has 5 nitrogen and oxygen atoms in total. The second-order valence-electron chi connectivity index (χ2n) is 4.76. The summed E-state index contributed by atoms with van der Waals surface area (Å²) in [5.74, 6) is -0.119. The third kappa shape index (κ3) is 3.35. The van der Waals surface area contributed by atoms with E-state index in [0.29, 0.717) is 19.4 Å². The summed E-state index contributed by atoms with van der Waals surface area (Å²) in [5, 5.41) is 9.08. The smallest absolute Gasteiger partial charge is 0.311 e. The van der Waals surface area contributed by atoms with Crippen molar-refractivity contribution < 1.29 is 14.7 Å². The van der Waals surface area contributed by atoms with E-state index in [-0.39, 0.29) is 12.5 Å². The Hall–Kier alpha value is -0.750. The zero-order valence-electron chi connectivity index (χ0n) is 10.3. The highest BCUT2D eigenvalue weighted by Gasteiger charge is 2.42. The molecule has 0 aliphatic carbocycles. The number of aliphatic carboxylic acids is 1. The molecule has 17 heavy (non-hydrogen) atoms. The molecule has 1 aliphatic heterocycles. The van der Waals surface area contributed by atoms with Gasteiger partial charge in [-0.1, -0.05) is 0 Å². The van der Waals surface area contributed by atoms with E-state index < -0.39 is 17.4 Å². The molecule has 1 amide bonds. The minimum atomic E-state index is -0.842. The van der Waals surface area contributed by atoms with Crippen LogP contribution in [-0.2, 0) is 9.59 Å². The maximum atomic E-state index is 12.0. The maximum absolute atomic E-state index is 12.0. The fourth-order valence-corrected chi connectivity index (χ4v) is 2.42. The Morgan fingerprint density at radius 3 is 2.71 bits per heavy atom. The Kier molecular flexibility index (Phi) is 4.82. The molecule has 1 aliphatic rings. The van der Waals surface area contributed by atoms with Crippen LogP contribution in [0.2, 0.25) is 0 Å². The second-order valence-corrected chi connectivity index (χ2v) is 5.75. The van der Waals surface area contributed by atoms with Gasteiger partial charge in [0.05, 0.1) is 11.5 Å². The first-order chi connectivity index (χ1) is 7.90. The van der Waals surface area contributed by atoms with Gasteiger partial charge in [-0.05, 0) is 31.8 Å². The first kappa shape index (κ1) is 14.3. The van der Waals surface area contributed by atoms with Crippen molar-refractivity contribution in [2.24, 2.45) is 11.1 Å². The van der Waals surface area contributed by atoms with Gasteiger partial charge in [-0.2, -0.15) is 11.8 Å². The third-order valence-electron chi connectivity index (χ3n) is 3.25. The lowest BCUT2D eigenvalue weighted by molar-refractivity contribution is -0.147. The fourth-order valence-electron chi connectivity index (χ4n) is 1.93. The first-order valence-corrected chi connectivity index (χ1v) is 7.07. The van der Waals surface area contributed by atoms with E-state index in [1.54, 1.807) is 23.6 Å². The van der Waals surface area contributed by atoms with Crippen LogP contribution in [0.25, 0.3) is 0 Å². The predicted molar refractivity (Wildman–Crippen MR) is 67.9 cm³/mol. The lowest BCUT2D eigenvalue weighted by Gasteiger charge is -2.22. The van der Waals surface area contributed by atoms with E-state index in [2.05, 4.69) is 0 Å². The summed E-state index contributed by atoms with van der Waals surface area (Å²) in [6.07, 6.45) is 3.11. The van der Waals surface area contributed by atoms with Crippen molar-refractivity contribution in [2.45, 2.75) is 25.8 Å². The van der Waals surface area contributed by atoms with Crippen LogP contribution in [0.15, 0.2) is 0 Å². The van der Waals surface area contributed by atoms with Gasteiger partial charge in [0.1, 0.15) is 0 Å². The maximum Gasteiger partial charge on any atom is 0.311 e. The van der Waals surface area contributed by atoms with Gasteiger partial charge in [0.25, 0.3) is 0 Å². The molecule has 0 aromatic heterocycles. The largest absolute Gasteiger partial charge is 0.481 e. The Balaban J connectivity index is 2.53. The minimum Gasteiger partial charge on any atom is -0.481 e. The Bertz CT molecular complexity index is 311. The molecule has 3 N–H and O–H groups in total. The Morgan fingerprint density at radius 2 is 2.24 bits per heavy atom. The van der Waals surface area contributed by atoms with Crippen LogP contribution in [0, 0.1) is 5.41 Å². The van der Waals surface area contributed by atoms with Crippen molar-refractivity contribution in [3.8, 4) is 0 Å². The Labute approximate surface area is 106 Å². The summed E-state index contributed by atoms with van der Waals surface area (Å²) in [4.78, 5) is 24.6. The molecular formula is C11H20N2O3S. The van der Waals surface area contributed by atoms with E-state index >= 15 is 0 Å². The summed E-state index contributed by atoms with van der Waals surface area (Å²) in [5.41, 5.74) is 4.99. The number of hydrogen-bond acceptors (Lipinski definition) is 4. The molecular weight excluding hydrogens is 240 g/mol. The van der Waals surface area contributed by atoms with E-state index in [1.165, 1.54) is 0 Å². The van der Waals surface area contributed by atoms with E-state index in [1.807, 2.05) is 6.26 Å². The van der Waals surface area contributed by atoms with Crippen LogP contribution in [0.4, 0.5) is 0 Å². The topological polar surface area (TPSA) is 83.6 Å². The molecule has 0 bridgehead atoms. The molecule has 0 spiro atoms. The fraction of sp³-hybridized carbons (Fsp3) is 0.818. The minimum absolute atomic E-state index is 0.121. The molecule has 1 heterocycles. The number of carbonyl (C=O) groups excluding carboxylic acids is 1. The molecule has 6 heteroatoms. The summed E-state index contributed by atoms with van der Waals surface area (Å²) in [6.45, 7) is 2.44. The third-order valence-corrected chi connectivity index (χ3v) is 3.90. The van der Waals surface area contributed by atoms with Gasteiger partial charge in [-0.3, -0.25) is 9.59 Å². The van der Waals surface area contributed by atoms with Crippen LogP contribution in [0.3, 0.4) is 0 Å². The summed E-state index contributed by atoms with van der Waals surface area (Å²) < 4.78 is 0. The quantitative estimate of drug-likeness (QED) is 0.747. The van der Waals surface area contributed by atoms with Crippen molar-refractivity contribution in [3.63, 3.8) is 0 Å². The number of nitrogens with zero attached hydrogens (tertiary/aromatic N) is 1. The SMILES string of the molecule is CSCC[C@@H](N)C(=O)N1CCC(C)(C(=O)O)C1. The highest BCUT2D eigenvalue weighted by atomic mass is 32.2. The summed E-state index contributed by atoms with van der Waals surface area (Å²) in [7, 11) is 0. The molecule has 0 radical (unpaired) electrons. The molecule has 1 saturated heterocycles. The predicted octanol–water partition coefficient (Wildman–Crippen LogP) is 0.390. The number of nitrogens with two attached hydrogens (primary N) is 1. The number of rotatable bonds is 5. The standard InChI is InChI=1S/C11H20N2O3S/c1-11(10(15)16)4-5-13(7-11)9(14)8(12)3-6-17-2/h8H,3-7,12H2,1-2H3,(H,15,16)/t8-,11?/m1/s1. The lowest BCUT2D eigenvalue weighted by atomic mass is 9.90. The number of carbonyl (C=O) groups is 2. The van der Waals surface area contributed by atoms with Crippen LogP contribution in [-0.4, -0.2) is 53.0 Å². The number of thioether (sulfide) groups is 1. The van der Waals surface area contributed by atoms with Crippen LogP contribution < -0.4 is 5.73 Å². The number of hydrogen-bond donors (Lipinski definition) is 2. The molecule has 0 saturated carbocycles. The molecule has 0 aromatic rings. The van der Waals surface area contributed by atoms with Gasteiger partial charge in [0.2, 0.25) is 5.91 Å². The molecule has 98 valence electrons. The second kappa shape index (κ2) is 5.73. The van der Waals surface area contributed by atoms with Crippen LogP contribution in [0.1, 0.15) is 19.8 Å². The number of likely N-dealkylation sites (tertiary alicyclic amines) is 1. The van der Waals surface area contributed by atoms with Gasteiger partial charge in [0, 0.05) is 13.1 Å². The highest BCUT2D eigenvalue weighted by Crippen LogP contribution is 2.30. The molecule has 1 unspecified atom stereocenters. The van der Waals surface area contributed by atoms with E-state index in [9.17, 15) is 9.59 Å². The molecule has 1 fully saturated rings. The van der Waals surface area contributed by atoms with E-state index in [4.69, 9.17) is 10.8 Å².